The van der Waals surface area contributed by atoms with Crippen LogP contribution < -0.4 is 5.32 Å². The van der Waals surface area contributed by atoms with Crippen LogP contribution in [0.25, 0.3) is 11.3 Å². The molecule has 0 spiro atoms. The Labute approximate surface area is 135 Å². The number of anilines is 1. The van der Waals surface area contributed by atoms with Crippen LogP contribution in [0.3, 0.4) is 0 Å². The number of hydrogen-bond donors (Lipinski definition) is 1. The topological polar surface area (TPSA) is 46.9 Å². The molecule has 2 aromatic rings. The molecule has 2 aromatic heterocycles. The highest BCUT2D eigenvalue weighted by molar-refractivity contribution is 7.14. The zero-order valence-corrected chi connectivity index (χ0v) is 14.5. The lowest BCUT2D eigenvalue weighted by molar-refractivity contribution is -0.117. The quantitative estimate of drug-likeness (QED) is 0.897. The van der Waals surface area contributed by atoms with Crippen LogP contribution in [-0.2, 0) is 11.3 Å². The van der Waals surface area contributed by atoms with Gasteiger partial charge in [-0.25, -0.2) is 4.98 Å². The average molecular weight is 317 g/mol. The van der Waals surface area contributed by atoms with Gasteiger partial charge in [0.2, 0.25) is 5.91 Å². The summed E-state index contributed by atoms with van der Waals surface area (Å²) in [5, 5.41) is 5.69. The predicted octanol–water partition coefficient (Wildman–Crippen LogP) is 4.23. The third kappa shape index (κ3) is 2.82. The Morgan fingerprint density at radius 2 is 2.23 bits per heavy atom. The fraction of sp³-hybridized carbons (Fsp3) is 0.529. The molecule has 0 aliphatic heterocycles. The van der Waals surface area contributed by atoms with E-state index >= 15 is 0 Å². The highest BCUT2D eigenvalue weighted by Gasteiger charge is 2.39. The van der Waals surface area contributed by atoms with Crippen molar-refractivity contribution in [2.45, 2.75) is 47.1 Å². The van der Waals surface area contributed by atoms with Crippen molar-refractivity contribution in [1.29, 1.82) is 0 Å². The minimum atomic E-state index is 0.116. The summed E-state index contributed by atoms with van der Waals surface area (Å²) in [6.07, 6.45) is 2.12. The summed E-state index contributed by atoms with van der Waals surface area (Å²) in [6.45, 7) is 9.61. The van der Waals surface area contributed by atoms with Crippen LogP contribution in [0.5, 0.6) is 0 Å². The molecule has 118 valence electrons. The Morgan fingerprint density at radius 1 is 1.50 bits per heavy atom. The first-order valence-electron chi connectivity index (χ1n) is 7.94. The number of aryl methyl sites for hydroxylation is 1. The van der Waals surface area contributed by atoms with Crippen molar-refractivity contribution in [3.8, 4) is 11.3 Å². The van der Waals surface area contributed by atoms with Crippen molar-refractivity contribution >= 4 is 22.4 Å². The maximum atomic E-state index is 12.0. The first-order valence-corrected chi connectivity index (χ1v) is 8.82. The summed E-state index contributed by atoms with van der Waals surface area (Å²) in [7, 11) is 0. The zero-order valence-electron chi connectivity index (χ0n) is 13.6. The molecule has 5 heteroatoms. The molecule has 0 aromatic carbocycles. The molecule has 1 saturated carbocycles. The van der Waals surface area contributed by atoms with Gasteiger partial charge in [0.1, 0.15) is 0 Å². The number of thiazole rings is 1. The lowest BCUT2D eigenvalue weighted by atomic mass is 10.2. The van der Waals surface area contributed by atoms with Gasteiger partial charge in [0.05, 0.1) is 5.69 Å². The largest absolute Gasteiger partial charge is 0.348 e. The van der Waals surface area contributed by atoms with Gasteiger partial charge in [-0.05, 0) is 38.7 Å². The second-order valence-corrected chi connectivity index (χ2v) is 7.14. The number of carbonyl (C=O) groups is 1. The SMILES string of the molecule is CCCn1c(C)cc(-c2csc(NC(=O)[C@H]3C[C@@H]3C)n2)c1C. The molecule has 3 rings (SSSR count). The molecule has 2 atom stereocenters. The van der Waals surface area contributed by atoms with Gasteiger partial charge in [-0.15, -0.1) is 11.3 Å². The second kappa shape index (κ2) is 5.88. The van der Waals surface area contributed by atoms with E-state index in [1.54, 1.807) is 0 Å². The van der Waals surface area contributed by atoms with Crippen molar-refractivity contribution < 1.29 is 4.79 Å². The predicted molar refractivity (Wildman–Crippen MR) is 91.2 cm³/mol. The van der Waals surface area contributed by atoms with Crippen molar-refractivity contribution in [2.24, 2.45) is 11.8 Å². The molecule has 0 saturated heterocycles. The van der Waals surface area contributed by atoms with Gasteiger partial charge < -0.3 is 9.88 Å². The van der Waals surface area contributed by atoms with Crippen LogP contribution >= 0.6 is 11.3 Å². The van der Waals surface area contributed by atoms with Crippen LogP contribution in [0.4, 0.5) is 5.13 Å². The molecule has 0 radical (unpaired) electrons. The number of rotatable bonds is 5. The summed E-state index contributed by atoms with van der Waals surface area (Å²) in [6, 6.07) is 2.19. The number of amides is 1. The zero-order chi connectivity index (χ0) is 15.9. The van der Waals surface area contributed by atoms with E-state index in [1.807, 2.05) is 5.38 Å². The first kappa shape index (κ1) is 15.3. The number of aromatic nitrogens is 2. The lowest BCUT2D eigenvalue weighted by Crippen LogP contribution is -2.14. The molecule has 2 heterocycles. The fourth-order valence-electron chi connectivity index (χ4n) is 2.97. The Morgan fingerprint density at radius 3 is 2.86 bits per heavy atom. The monoisotopic (exact) mass is 317 g/mol. The van der Waals surface area contributed by atoms with Crippen molar-refractivity contribution in [2.75, 3.05) is 5.32 Å². The van der Waals surface area contributed by atoms with E-state index in [-0.39, 0.29) is 11.8 Å². The molecular formula is C17H23N3OS. The normalized spacial score (nSPS) is 20.2. The van der Waals surface area contributed by atoms with Crippen LogP contribution in [0.2, 0.25) is 0 Å². The number of carbonyl (C=O) groups excluding carboxylic acids is 1. The number of nitrogens with zero attached hydrogens (tertiary/aromatic N) is 2. The summed E-state index contributed by atoms with van der Waals surface area (Å²) < 4.78 is 2.33. The minimum Gasteiger partial charge on any atom is -0.348 e. The van der Waals surface area contributed by atoms with Crippen LogP contribution in [-0.4, -0.2) is 15.5 Å². The Hall–Kier alpha value is -1.62. The summed E-state index contributed by atoms with van der Waals surface area (Å²) in [4.78, 5) is 16.6. The second-order valence-electron chi connectivity index (χ2n) is 6.28. The smallest absolute Gasteiger partial charge is 0.229 e. The Kier molecular flexibility index (Phi) is 4.08. The molecule has 22 heavy (non-hydrogen) atoms. The van der Waals surface area contributed by atoms with Gasteiger partial charge in [0.25, 0.3) is 0 Å². The molecule has 1 aliphatic carbocycles. The molecule has 0 bridgehead atoms. The van der Waals surface area contributed by atoms with Crippen molar-refractivity contribution in [1.82, 2.24) is 9.55 Å². The van der Waals surface area contributed by atoms with Gasteiger partial charge in [0.15, 0.2) is 5.13 Å². The maximum Gasteiger partial charge on any atom is 0.229 e. The minimum absolute atomic E-state index is 0.116. The summed E-state index contributed by atoms with van der Waals surface area (Å²) >= 11 is 1.50. The molecule has 0 unspecified atom stereocenters. The van der Waals surface area contributed by atoms with Gasteiger partial charge in [-0.2, -0.15) is 0 Å². The average Bonchev–Trinajstić information content (AvgIpc) is 2.92. The third-order valence-corrected chi connectivity index (χ3v) is 5.24. The summed E-state index contributed by atoms with van der Waals surface area (Å²) in [5.41, 5.74) is 4.64. The Balaban J connectivity index is 1.79. The van der Waals surface area contributed by atoms with E-state index in [2.05, 4.69) is 48.6 Å². The van der Waals surface area contributed by atoms with E-state index < -0.39 is 0 Å². The molecule has 4 nitrogen and oxygen atoms in total. The molecule has 1 aliphatic rings. The van der Waals surface area contributed by atoms with Crippen LogP contribution in [0.1, 0.15) is 38.1 Å². The van der Waals surface area contributed by atoms with E-state index in [0.717, 1.165) is 25.1 Å². The van der Waals surface area contributed by atoms with E-state index in [9.17, 15) is 4.79 Å². The van der Waals surface area contributed by atoms with E-state index in [0.29, 0.717) is 11.0 Å². The first-order chi connectivity index (χ1) is 10.5. The Bertz CT molecular complexity index is 701. The van der Waals surface area contributed by atoms with Gasteiger partial charge in [0, 0.05) is 34.8 Å². The van der Waals surface area contributed by atoms with E-state index in [1.165, 1.54) is 28.3 Å². The molecular weight excluding hydrogens is 294 g/mol. The highest BCUT2D eigenvalue weighted by atomic mass is 32.1. The van der Waals surface area contributed by atoms with Crippen LogP contribution in [0, 0.1) is 25.7 Å². The third-order valence-electron chi connectivity index (χ3n) is 4.48. The van der Waals surface area contributed by atoms with Crippen LogP contribution in [0.15, 0.2) is 11.4 Å². The van der Waals surface area contributed by atoms with Crippen molar-refractivity contribution in [3.05, 3.63) is 22.8 Å². The number of nitrogens with one attached hydrogen (secondary N) is 1. The van der Waals surface area contributed by atoms with E-state index in [4.69, 9.17) is 0 Å². The van der Waals surface area contributed by atoms with Gasteiger partial charge in [-0.3, -0.25) is 4.79 Å². The molecule has 1 fully saturated rings. The van der Waals surface area contributed by atoms with Gasteiger partial charge >= 0.3 is 0 Å². The molecule has 1 N–H and O–H groups in total. The lowest BCUT2D eigenvalue weighted by Gasteiger charge is -2.07. The van der Waals surface area contributed by atoms with Crippen molar-refractivity contribution in [3.63, 3.8) is 0 Å². The maximum absolute atomic E-state index is 12.0. The standard InChI is InChI=1S/C17H23N3OS/c1-5-6-20-11(3)8-14(12(20)4)15-9-22-17(18-15)19-16(21)13-7-10(13)2/h8-10,13H,5-7H2,1-4H3,(H,18,19,21)/t10-,13-/m0/s1. The highest BCUT2D eigenvalue weighted by Crippen LogP contribution is 2.39. The number of hydrogen-bond acceptors (Lipinski definition) is 3. The fourth-order valence-corrected chi connectivity index (χ4v) is 3.68. The molecule has 1 amide bonds. The van der Waals surface area contributed by atoms with Gasteiger partial charge in [-0.1, -0.05) is 13.8 Å². The summed E-state index contributed by atoms with van der Waals surface area (Å²) in [5.74, 6) is 0.819.